The number of hydrogen-bond acceptors (Lipinski definition) is 4. The molecule has 2 aromatic heterocycles. The zero-order valence-electron chi connectivity index (χ0n) is 15.3. The van der Waals surface area contributed by atoms with E-state index in [2.05, 4.69) is 10.3 Å². The Bertz CT molecular complexity index is 971. The average molecular weight is 363 g/mol. The molecule has 0 aliphatic carbocycles. The Morgan fingerprint density at radius 2 is 1.78 bits per heavy atom. The molecule has 0 bridgehead atoms. The van der Waals surface area contributed by atoms with Crippen LogP contribution in [0.2, 0.25) is 0 Å². The van der Waals surface area contributed by atoms with Crippen molar-refractivity contribution in [3.63, 3.8) is 0 Å². The van der Waals surface area contributed by atoms with Gasteiger partial charge in [0.05, 0.1) is 0 Å². The second-order valence-corrected chi connectivity index (χ2v) is 6.27. The molecule has 2 heterocycles. The number of amides is 1. The van der Waals surface area contributed by atoms with Crippen LogP contribution >= 0.6 is 0 Å². The molecule has 27 heavy (non-hydrogen) atoms. The summed E-state index contributed by atoms with van der Waals surface area (Å²) in [4.78, 5) is 27.6. The lowest BCUT2D eigenvalue weighted by Crippen LogP contribution is -2.27. The van der Waals surface area contributed by atoms with E-state index in [-0.39, 0.29) is 17.9 Å². The van der Waals surface area contributed by atoms with Gasteiger partial charge in [0, 0.05) is 42.8 Å². The van der Waals surface area contributed by atoms with E-state index < -0.39 is 0 Å². The first-order chi connectivity index (χ1) is 13.0. The quantitative estimate of drug-likeness (QED) is 0.731. The van der Waals surface area contributed by atoms with Gasteiger partial charge in [0.1, 0.15) is 12.3 Å². The first-order valence-corrected chi connectivity index (χ1v) is 8.63. The molecule has 0 spiro atoms. The van der Waals surface area contributed by atoms with E-state index in [1.165, 1.54) is 12.1 Å². The number of rotatable bonds is 6. The van der Waals surface area contributed by atoms with Crippen molar-refractivity contribution < 1.29 is 9.53 Å². The van der Waals surface area contributed by atoms with Crippen molar-refractivity contribution in [2.75, 3.05) is 0 Å². The largest absolute Gasteiger partial charge is 0.438 e. The molecule has 0 saturated heterocycles. The van der Waals surface area contributed by atoms with Crippen molar-refractivity contribution in [1.82, 2.24) is 14.9 Å². The van der Waals surface area contributed by atoms with Gasteiger partial charge in [0.25, 0.3) is 0 Å². The third kappa shape index (κ3) is 4.82. The summed E-state index contributed by atoms with van der Waals surface area (Å²) in [7, 11) is 0. The minimum Gasteiger partial charge on any atom is -0.438 e. The standard InChI is InChI=1S/C21H21N3O3/c1-15-5-3-6-16(2)20(15)27-21-17(7-4-10-22-21)13-23-19(26)14-24-11-8-18(25)9-12-24/h3-12H,13-14H2,1-2H3,(H,23,26). The van der Waals surface area contributed by atoms with E-state index >= 15 is 0 Å². The van der Waals surface area contributed by atoms with Gasteiger partial charge in [-0.2, -0.15) is 0 Å². The lowest BCUT2D eigenvalue weighted by molar-refractivity contribution is -0.121. The highest BCUT2D eigenvalue weighted by Gasteiger charge is 2.11. The fourth-order valence-electron chi connectivity index (χ4n) is 2.67. The summed E-state index contributed by atoms with van der Waals surface area (Å²) in [5, 5.41) is 2.86. The third-order valence-corrected chi connectivity index (χ3v) is 4.12. The number of carbonyl (C=O) groups excluding carboxylic acids is 1. The molecule has 0 fully saturated rings. The Morgan fingerprint density at radius 3 is 2.48 bits per heavy atom. The predicted octanol–water partition coefficient (Wildman–Crippen LogP) is 2.97. The van der Waals surface area contributed by atoms with Crippen molar-refractivity contribution in [3.05, 3.63) is 88.0 Å². The van der Waals surface area contributed by atoms with Gasteiger partial charge in [-0.1, -0.05) is 24.3 Å². The maximum atomic E-state index is 12.2. The van der Waals surface area contributed by atoms with Crippen LogP contribution in [0, 0.1) is 13.8 Å². The van der Waals surface area contributed by atoms with E-state index in [0.717, 1.165) is 22.4 Å². The van der Waals surface area contributed by atoms with E-state index in [1.54, 1.807) is 29.2 Å². The van der Waals surface area contributed by atoms with Crippen molar-refractivity contribution in [2.24, 2.45) is 0 Å². The van der Waals surface area contributed by atoms with E-state index in [1.807, 2.05) is 38.1 Å². The van der Waals surface area contributed by atoms with Crippen molar-refractivity contribution in [1.29, 1.82) is 0 Å². The van der Waals surface area contributed by atoms with Gasteiger partial charge in [-0.3, -0.25) is 9.59 Å². The van der Waals surface area contributed by atoms with Crippen LogP contribution in [-0.4, -0.2) is 15.5 Å². The first-order valence-electron chi connectivity index (χ1n) is 8.63. The molecule has 0 saturated carbocycles. The van der Waals surface area contributed by atoms with Crippen molar-refractivity contribution in [3.8, 4) is 11.6 Å². The van der Waals surface area contributed by atoms with E-state index in [4.69, 9.17) is 4.74 Å². The lowest BCUT2D eigenvalue weighted by Gasteiger charge is -2.14. The number of nitrogens with zero attached hydrogens (tertiary/aromatic N) is 2. The number of para-hydroxylation sites is 1. The van der Waals surface area contributed by atoms with Crippen LogP contribution in [0.1, 0.15) is 16.7 Å². The van der Waals surface area contributed by atoms with Gasteiger partial charge in [0.15, 0.2) is 5.43 Å². The Balaban J connectivity index is 1.68. The molecular formula is C21H21N3O3. The maximum Gasteiger partial charge on any atom is 0.240 e. The molecule has 1 aromatic carbocycles. The van der Waals surface area contributed by atoms with Crippen LogP contribution in [0.15, 0.2) is 65.8 Å². The first kappa shape index (κ1) is 18.4. The van der Waals surface area contributed by atoms with Gasteiger partial charge >= 0.3 is 0 Å². The number of carbonyl (C=O) groups is 1. The van der Waals surface area contributed by atoms with Crippen LogP contribution in [0.4, 0.5) is 0 Å². The normalized spacial score (nSPS) is 10.4. The molecule has 0 unspecified atom stereocenters. The Labute approximate surface area is 157 Å². The van der Waals surface area contributed by atoms with Crippen LogP contribution in [0.25, 0.3) is 0 Å². The minimum absolute atomic E-state index is 0.0877. The van der Waals surface area contributed by atoms with E-state index in [9.17, 15) is 9.59 Å². The van der Waals surface area contributed by atoms with Crippen LogP contribution < -0.4 is 15.5 Å². The highest BCUT2D eigenvalue weighted by Crippen LogP contribution is 2.29. The minimum atomic E-state index is -0.166. The summed E-state index contributed by atoms with van der Waals surface area (Å²) in [5.74, 6) is 1.08. The van der Waals surface area contributed by atoms with Gasteiger partial charge in [0.2, 0.25) is 11.8 Å². The number of benzene rings is 1. The summed E-state index contributed by atoms with van der Waals surface area (Å²) in [6, 6.07) is 12.5. The summed E-state index contributed by atoms with van der Waals surface area (Å²) < 4.78 is 7.68. The SMILES string of the molecule is Cc1cccc(C)c1Oc1ncccc1CNC(=O)Cn1ccc(=O)cc1. The Morgan fingerprint density at radius 1 is 1.07 bits per heavy atom. The molecule has 0 radical (unpaired) electrons. The zero-order valence-corrected chi connectivity index (χ0v) is 15.3. The van der Waals surface area contributed by atoms with Gasteiger partial charge in [-0.25, -0.2) is 4.98 Å². The Kier molecular flexibility index (Phi) is 5.66. The van der Waals surface area contributed by atoms with E-state index in [0.29, 0.717) is 12.4 Å². The van der Waals surface area contributed by atoms with Gasteiger partial charge in [-0.05, 0) is 31.0 Å². The lowest BCUT2D eigenvalue weighted by atomic mass is 10.1. The fourth-order valence-corrected chi connectivity index (χ4v) is 2.67. The number of aryl methyl sites for hydroxylation is 2. The van der Waals surface area contributed by atoms with Crippen LogP contribution in [-0.2, 0) is 17.9 Å². The summed E-state index contributed by atoms with van der Waals surface area (Å²) >= 11 is 0. The number of ether oxygens (including phenoxy) is 1. The average Bonchev–Trinajstić information content (AvgIpc) is 2.66. The van der Waals surface area contributed by atoms with Crippen LogP contribution in [0.5, 0.6) is 11.6 Å². The monoisotopic (exact) mass is 363 g/mol. The zero-order chi connectivity index (χ0) is 19.2. The third-order valence-electron chi connectivity index (χ3n) is 4.12. The number of aromatic nitrogens is 2. The van der Waals surface area contributed by atoms with Crippen LogP contribution in [0.3, 0.4) is 0 Å². The number of nitrogens with one attached hydrogen (secondary N) is 1. The summed E-state index contributed by atoms with van der Waals surface area (Å²) in [6.45, 7) is 4.40. The van der Waals surface area contributed by atoms with Crippen molar-refractivity contribution in [2.45, 2.75) is 26.9 Å². The Hall–Kier alpha value is -3.41. The predicted molar refractivity (Wildman–Crippen MR) is 103 cm³/mol. The van der Waals surface area contributed by atoms with Crippen molar-refractivity contribution >= 4 is 5.91 Å². The molecule has 0 atom stereocenters. The fraction of sp³-hybridized carbons (Fsp3) is 0.190. The molecule has 6 nitrogen and oxygen atoms in total. The molecule has 3 aromatic rings. The molecule has 0 aliphatic heterocycles. The molecule has 1 amide bonds. The topological polar surface area (TPSA) is 73.2 Å². The maximum absolute atomic E-state index is 12.2. The summed E-state index contributed by atoms with van der Waals surface area (Å²) in [6.07, 6.45) is 4.83. The van der Waals surface area contributed by atoms with Gasteiger partial charge < -0.3 is 14.6 Å². The highest BCUT2D eigenvalue weighted by atomic mass is 16.5. The molecule has 0 aliphatic rings. The number of hydrogen-bond donors (Lipinski definition) is 1. The smallest absolute Gasteiger partial charge is 0.240 e. The number of pyridine rings is 2. The molecular weight excluding hydrogens is 342 g/mol. The highest BCUT2D eigenvalue weighted by molar-refractivity contribution is 5.75. The molecule has 138 valence electrons. The summed E-state index contributed by atoms with van der Waals surface area (Å²) in [5.41, 5.74) is 2.74. The molecule has 6 heteroatoms. The van der Waals surface area contributed by atoms with Gasteiger partial charge in [-0.15, -0.1) is 0 Å². The molecule has 3 rings (SSSR count). The molecule has 1 N–H and O–H groups in total. The second-order valence-electron chi connectivity index (χ2n) is 6.27. The second kappa shape index (κ2) is 8.31.